The predicted octanol–water partition coefficient (Wildman–Crippen LogP) is 1.70. The quantitative estimate of drug-likeness (QED) is 0.637. The summed E-state index contributed by atoms with van der Waals surface area (Å²) in [7, 11) is 0. The lowest BCUT2D eigenvalue weighted by Crippen LogP contribution is -2.01. The van der Waals surface area contributed by atoms with E-state index >= 15 is 0 Å². The maximum absolute atomic E-state index is 13.9. The van der Waals surface area contributed by atoms with Crippen molar-refractivity contribution in [2.75, 3.05) is 5.73 Å². The monoisotopic (exact) mass is 333 g/mol. The zero-order valence-corrected chi connectivity index (χ0v) is 10.6. The Kier molecular flexibility index (Phi) is 1.92. The minimum atomic E-state index is -1.22. The lowest BCUT2D eigenvalue weighted by atomic mass is 10.4. The highest BCUT2D eigenvalue weighted by atomic mass is 127. The van der Waals surface area contributed by atoms with Crippen molar-refractivity contribution in [2.24, 2.45) is 5.92 Å². The maximum atomic E-state index is 13.9. The predicted molar refractivity (Wildman–Crippen MR) is 65.8 cm³/mol. The van der Waals surface area contributed by atoms with Crippen LogP contribution < -0.4 is 5.73 Å². The molecule has 0 spiro atoms. The Labute approximate surface area is 104 Å². The van der Waals surface area contributed by atoms with Crippen molar-refractivity contribution >= 4 is 39.6 Å². The number of halogens is 2. The molecule has 16 heavy (non-hydrogen) atoms. The van der Waals surface area contributed by atoms with Crippen LogP contribution >= 0.6 is 22.6 Å². The summed E-state index contributed by atoms with van der Waals surface area (Å²) in [5, 5.41) is 0. The second-order valence-corrected chi connectivity index (χ2v) is 5.64. The van der Waals surface area contributed by atoms with Gasteiger partial charge in [0.15, 0.2) is 15.1 Å². The highest BCUT2D eigenvalue weighted by Gasteiger charge is 2.63. The van der Waals surface area contributed by atoms with E-state index in [9.17, 15) is 4.39 Å². The van der Waals surface area contributed by atoms with E-state index in [1.807, 2.05) is 29.5 Å². The number of hydrogen-bond acceptors (Lipinski definition) is 4. The van der Waals surface area contributed by atoms with Gasteiger partial charge in [-0.15, -0.1) is 0 Å². The molecular weight excluding hydrogens is 324 g/mol. The van der Waals surface area contributed by atoms with E-state index < -0.39 is 3.68 Å². The number of aromatic nitrogens is 4. The van der Waals surface area contributed by atoms with E-state index in [2.05, 4.69) is 15.0 Å². The molecule has 2 unspecified atom stereocenters. The number of fused-ring (bicyclic) bond motifs is 1. The first-order chi connectivity index (χ1) is 7.53. The Balaban J connectivity index is 2.17. The van der Waals surface area contributed by atoms with Crippen molar-refractivity contribution in [3.8, 4) is 0 Å². The lowest BCUT2D eigenvalue weighted by Gasteiger charge is -2.01. The average molecular weight is 333 g/mol. The fraction of sp³-hybridized carbons (Fsp3) is 0.444. The summed E-state index contributed by atoms with van der Waals surface area (Å²) in [4.78, 5) is 12.1. The topological polar surface area (TPSA) is 69.6 Å². The van der Waals surface area contributed by atoms with Crippen LogP contribution in [0.1, 0.15) is 13.0 Å². The minimum Gasteiger partial charge on any atom is -0.382 e. The number of hydrogen-bond donors (Lipinski definition) is 1. The van der Waals surface area contributed by atoms with Crippen LogP contribution in [0, 0.1) is 5.92 Å². The SMILES string of the molecule is CC1[C@H](n2cnc3c(N)ncnc32)C1(F)I. The number of imidazole rings is 1. The van der Waals surface area contributed by atoms with Crippen molar-refractivity contribution in [3.63, 3.8) is 0 Å². The minimum absolute atomic E-state index is 0.0401. The van der Waals surface area contributed by atoms with Crippen LogP contribution in [0.25, 0.3) is 11.2 Å². The molecule has 2 aromatic heterocycles. The van der Waals surface area contributed by atoms with Gasteiger partial charge in [0.2, 0.25) is 0 Å². The molecule has 0 saturated heterocycles. The first kappa shape index (κ1) is 10.2. The molecule has 1 fully saturated rings. The molecule has 1 aliphatic rings. The summed E-state index contributed by atoms with van der Waals surface area (Å²) in [5.74, 6) is 0.289. The van der Waals surface area contributed by atoms with Gasteiger partial charge >= 0.3 is 0 Å². The maximum Gasteiger partial charge on any atom is 0.186 e. The summed E-state index contributed by atoms with van der Waals surface area (Å²) in [5.41, 5.74) is 6.80. The third-order valence-corrected chi connectivity index (χ3v) is 4.67. The van der Waals surface area contributed by atoms with Gasteiger partial charge in [-0.2, -0.15) is 0 Å². The van der Waals surface area contributed by atoms with Crippen molar-refractivity contribution in [1.29, 1.82) is 0 Å². The summed E-state index contributed by atoms with van der Waals surface area (Å²) in [6, 6.07) is -0.215. The molecule has 1 aliphatic carbocycles. The van der Waals surface area contributed by atoms with E-state index in [0.29, 0.717) is 17.0 Å². The fourth-order valence-corrected chi connectivity index (χ4v) is 2.96. The molecule has 1 saturated carbocycles. The molecule has 5 nitrogen and oxygen atoms in total. The van der Waals surface area contributed by atoms with E-state index in [-0.39, 0.29) is 12.0 Å². The van der Waals surface area contributed by atoms with Gasteiger partial charge in [-0.05, 0) is 22.6 Å². The van der Waals surface area contributed by atoms with Gasteiger partial charge in [0, 0.05) is 5.92 Å². The van der Waals surface area contributed by atoms with Gasteiger partial charge in [0.1, 0.15) is 11.8 Å². The molecule has 0 aliphatic heterocycles. The Morgan fingerprint density at radius 3 is 2.81 bits per heavy atom. The summed E-state index contributed by atoms with van der Waals surface area (Å²) >= 11 is 1.83. The molecule has 84 valence electrons. The van der Waals surface area contributed by atoms with Crippen LogP contribution in [0.5, 0.6) is 0 Å². The van der Waals surface area contributed by atoms with Crippen molar-refractivity contribution in [3.05, 3.63) is 12.7 Å². The molecule has 0 amide bonds. The molecule has 0 radical (unpaired) electrons. The van der Waals surface area contributed by atoms with Crippen LogP contribution in [-0.4, -0.2) is 23.2 Å². The smallest absolute Gasteiger partial charge is 0.186 e. The number of nitrogen functional groups attached to an aromatic ring is 1. The molecule has 2 aromatic rings. The molecular formula is C9H9FIN5. The Morgan fingerprint density at radius 2 is 2.19 bits per heavy atom. The van der Waals surface area contributed by atoms with E-state index in [0.717, 1.165) is 0 Å². The normalized spacial score (nSPS) is 33.2. The lowest BCUT2D eigenvalue weighted by molar-refractivity contribution is 0.413. The second kappa shape index (κ2) is 3.02. The Morgan fingerprint density at radius 1 is 1.50 bits per heavy atom. The fourth-order valence-electron chi connectivity index (χ4n) is 1.96. The van der Waals surface area contributed by atoms with Gasteiger partial charge in [0.25, 0.3) is 0 Å². The van der Waals surface area contributed by atoms with Gasteiger partial charge in [-0.1, -0.05) is 6.92 Å². The van der Waals surface area contributed by atoms with Gasteiger partial charge in [-0.25, -0.2) is 19.3 Å². The standard InChI is InChI=1S/C9H9FIN5/c1-4-6(9(4,10)11)16-3-15-5-7(12)13-2-14-8(5)16/h2-4,6H,1H3,(H2,12,13,14)/t4?,6-,9?/m0/s1. The van der Waals surface area contributed by atoms with Crippen molar-refractivity contribution in [1.82, 2.24) is 19.5 Å². The zero-order valence-electron chi connectivity index (χ0n) is 8.43. The van der Waals surface area contributed by atoms with Gasteiger partial charge in [0.05, 0.1) is 12.4 Å². The molecule has 3 atom stereocenters. The summed E-state index contributed by atoms with van der Waals surface area (Å²) in [6.45, 7) is 1.87. The van der Waals surface area contributed by atoms with Crippen LogP contribution in [-0.2, 0) is 0 Å². The first-order valence-corrected chi connectivity index (χ1v) is 5.92. The van der Waals surface area contributed by atoms with Crippen molar-refractivity contribution < 1.29 is 4.39 Å². The van der Waals surface area contributed by atoms with Crippen LogP contribution in [0.2, 0.25) is 0 Å². The molecule has 7 heteroatoms. The highest BCUT2D eigenvalue weighted by molar-refractivity contribution is 14.1. The molecule has 2 heterocycles. The van der Waals surface area contributed by atoms with Crippen molar-refractivity contribution in [2.45, 2.75) is 16.6 Å². The van der Waals surface area contributed by atoms with E-state index in [1.54, 1.807) is 10.9 Å². The molecule has 0 bridgehead atoms. The van der Waals surface area contributed by atoms with Gasteiger partial charge in [-0.3, -0.25) is 0 Å². The largest absolute Gasteiger partial charge is 0.382 e. The Hall–Kier alpha value is -0.990. The average Bonchev–Trinajstić information content (AvgIpc) is 2.64. The summed E-state index contributed by atoms with van der Waals surface area (Å²) < 4.78 is 14.4. The first-order valence-electron chi connectivity index (χ1n) is 4.84. The Bertz CT molecular complexity index is 566. The number of rotatable bonds is 1. The highest BCUT2D eigenvalue weighted by Crippen LogP contribution is 2.62. The third-order valence-electron chi connectivity index (χ3n) is 3.05. The molecule has 2 N–H and O–H groups in total. The van der Waals surface area contributed by atoms with Gasteiger partial charge < -0.3 is 10.3 Å². The third kappa shape index (κ3) is 1.17. The number of nitrogens with two attached hydrogens (primary N) is 1. The van der Waals surface area contributed by atoms with E-state index in [1.165, 1.54) is 6.33 Å². The zero-order chi connectivity index (χ0) is 11.5. The van der Waals surface area contributed by atoms with Crippen LogP contribution in [0.15, 0.2) is 12.7 Å². The number of anilines is 1. The van der Waals surface area contributed by atoms with E-state index in [4.69, 9.17) is 5.73 Å². The van der Waals surface area contributed by atoms with Crippen LogP contribution in [0.3, 0.4) is 0 Å². The number of alkyl halides is 2. The molecule has 3 rings (SSSR count). The molecule has 0 aromatic carbocycles. The summed E-state index contributed by atoms with van der Waals surface area (Å²) in [6.07, 6.45) is 2.95. The number of nitrogens with zero attached hydrogens (tertiary/aromatic N) is 4. The second-order valence-electron chi connectivity index (χ2n) is 3.99. The van der Waals surface area contributed by atoms with Crippen LogP contribution in [0.4, 0.5) is 10.2 Å².